The lowest BCUT2D eigenvalue weighted by atomic mass is 9.84. The van der Waals surface area contributed by atoms with Crippen LogP contribution in [0.15, 0.2) is 22.7 Å². The van der Waals surface area contributed by atoms with Gasteiger partial charge in [-0.15, -0.1) is 0 Å². The molecule has 0 bridgehead atoms. The zero-order valence-corrected chi connectivity index (χ0v) is 11.8. The van der Waals surface area contributed by atoms with E-state index in [-0.39, 0.29) is 0 Å². The van der Waals surface area contributed by atoms with E-state index in [1.54, 1.807) is 0 Å². The van der Waals surface area contributed by atoms with Gasteiger partial charge in [-0.3, -0.25) is 0 Å². The van der Waals surface area contributed by atoms with Gasteiger partial charge in [-0.25, -0.2) is 0 Å². The van der Waals surface area contributed by atoms with Crippen molar-refractivity contribution in [2.45, 2.75) is 24.0 Å². The highest BCUT2D eigenvalue weighted by Gasteiger charge is 2.35. The quantitative estimate of drug-likeness (QED) is 0.832. The van der Waals surface area contributed by atoms with Crippen LogP contribution in [-0.4, -0.2) is 17.5 Å². The zero-order valence-electron chi connectivity index (χ0n) is 9.42. The van der Waals surface area contributed by atoms with E-state index in [0.29, 0.717) is 4.75 Å². The summed E-state index contributed by atoms with van der Waals surface area (Å²) in [6.45, 7) is 1.01. The number of nitrogens with one attached hydrogen (secondary N) is 1. The van der Waals surface area contributed by atoms with E-state index in [1.807, 2.05) is 30.0 Å². The van der Waals surface area contributed by atoms with E-state index in [4.69, 9.17) is 5.73 Å². The smallest absolute Gasteiger partial charge is 0.0585 e. The summed E-state index contributed by atoms with van der Waals surface area (Å²) in [6, 6.07) is 5.94. The number of hydrogen-bond donors (Lipinski definition) is 2. The minimum Gasteiger partial charge on any atom is -0.397 e. The lowest BCUT2D eigenvalue weighted by molar-refractivity contribution is 0.380. The molecule has 0 aromatic heterocycles. The summed E-state index contributed by atoms with van der Waals surface area (Å²) in [4.78, 5) is 0. The highest BCUT2D eigenvalue weighted by molar-refractivity contribution is 9.10. The first-order valence-corrected chi connectivity index (χ1v) is 7.51. The van der Waals surface area contributed by atoms with E-state index >= 15 is 0 Å². The van der Waals surface area contributed by atoms with Crippen LogP contribution in [0.5, 0.6) is 0 Å². The van der Waals surface area contributed by atoms with Crippen molar-refractivity contribution < 1.29 is 0 Å². The van der Waals surface area contributed by atoms with E-state index in [0.717, 1.165) is 22.4 Å². The Labute approximate surface area is 109 Å². The Balaban J connectivity index is 2.01. The minimum absolute atomic E-state index is 0.439. The molecule has 88 valence electrons. The Kier molecular flexibility index (Phi) is 3.70. The molecule has 0 unspecified atom stereocenters. The number of rotatable bonds is 4. The van der Waals surface area contributed by atoms with E-state index in [1.165, 1.54) is 19.3 Å². The number of nitrogens with two attached hydrogens (primary N) is 1. The molecular formula is C12H17BrN2S. The molecule has 0 saturated heterocycles. The third kappa shape index (κ3) is 2.48. The summed E-state index contributed by atoms with van der Waals surface area (Å²) in [6.07, 6.45) is 6.19. The van der Waals surface area contributed by atoms with Crippen LogP contribution in [-0.2, 0) is 0 Å². The number of anilines is 2. The lowest BCUT2D eigenvalue weighted by Crippen LogP contribution is -2.40. The molecule has 2 rings (SSSR count). The van der Waals surface area contributed by atoms with Gasteiger partial charge in [0.1, 0.15) is 0 Å². The summed E-state index contributed by atoms with van der Waals surface area (Å²) in [5, 5.41) is 3.47. The molecule has 1 aliphatic rings. The largest absolute Gasteiger partial charge is 0.397 e. The molecule has 4 heteroatoms. The molecular weight excluding hydrogens is 284 g/mol. The molecule has 1 saturated carbocycles. The molecule has 1 fully saturated rings. The standard InChI is InChI=1S/C12H17BrN2S/c1-16-12(5-2-6-12)8-15-11-7-9(13)3-4-10(11)14/h3-4,7,15H,2,5-6,8,14H2,1H3. The van der Waals surface area contributed by atoms with Crippen molar-refractivity contribution in [3.8, 4) is 0 Å². The normalized spacial score (nSPS) is 17.9. The summed E-state index contributed by atoms with van der Waals surface area (Å²) >= 11 is 5.44. The number of benzene rings is 1. The van der Waals surface area contributed by atoms with Crippen molar-refractivity contribution in [2.75, 3.05) is 23.9 Å². The molecule has 3 N–H and O–H groups in total. The zero-order chi connectivity index (χ0) is 11.6. The second kappa shape index (κ2) is 4.88. The van der Waals surface area contributed by atoms with Crippen LogP contribution in [0.25, 0.3) is 0 Å². The third-order valence-corrected chi connectivity index (χ3v) is 5.23. The van der Waals surface area contributed by atoms with Crippen molar-refractivity contribution in [1.29, 1.82) is 0 Å². The van der Waals surface area contributed by atoms with Gasteiger partial charge >= 0.3 is 0 Å². The second-order valence-electron chi connectivity index (χ2n) is 4.33. The maximum atomic E-state index is 5.93. The van der Waals surface area contributed by atoms with Crippen LogP contribution in [0.3, 0.4) is 0 Å². The van der Waals surface area contributed by atoms with Gasteiger partial charge in [-0.05, 0) is 37.3 Å². The lowest BCUT2D eigenvalue weighted by Gasteiger charge is -2.40. The van der Waals surface area contributed by atoms with Crippen LogP contribution in [0.1, 0.15) is 19.3 Å². The molecule has 0 amide bonds. The van der Waals surface area contributed by atoms with Crippen molar-refractivity contribution in [3.05, 3.63) is 22.7 Å². The van der Waals surface area contributed by atoms with Crippen LogP contribution in [0, 0.1) is 0 Å². The predicted molar refractivity (Wildman–Crippen MR) is 77.1 cm³/mol. The molecule has 0 radical (unpaired) electrons. The predicted octanol–water partition coefficient (Wildman–Crippen LogP) is 3.73. The fraction of sp³-hybridized carbons (Fsp3) is 0.500. The Morgan fingerprint density at radius 2 is 2.25 bits per heavy atom. The van der Waals surface area contributed by atoms with Crippen LogP contribution in [0.2, 0.25) is 0 Å². The Morgan fingerprint density at radius 1 is 1.50 bits per heavy atom. The summed E-state index contributed by atoms with van der Waals surface area (Å²) in [5.41, 5.74) is 7.78. The first kappa shape index (κ1) is 12.1. The van der Waals surface area contributed by atoms with E-state index in [2.05, 4.69) is 27.5 Å². The van der Waals surface area contributed by atoms with Crippen molar-refractivity contribution >= 4 is 39.1 Å². The first-order chi connectivity index (χ1) is 7.65. The summed E-state index contributed by atoms with van der Waals surface area (Å²) in [7, 11) is 0. The molecule has 0 aliphatic heterocycles. The summed E-state index contributed by atoms with van der Waals surface area (Å²) < 4.78 is 1.50. The molecule has 1 aromatic carbocycles. The number of thioether (sulfide) groups is 1. The first-order valence-electron chi connectivity index (χ1n) is 5.49. The Morgan fingerprint density at radius 3 is 2.81 bits per heavy atom. The van der Waals surface area contributed by atoms with Gasteiger partial charge in [0.25, 0.3) is 0 Å². The van der Waals surface area contributed by atoms with Crippen molar-refractivity contribution in [1.82, 2.24) is 0 Å². The highest BCUT2D eigenvalue weighted by atomic mass is 79.9. The van der Waals surface area contributed by atoms with Crippen LogP contribution in [0.4, 0.5) is 11.4 Å². The second-order valence-corrected chi connectivity index (χ2v) is 6.52. The minimum atomic E-state index is 0.439. The maximum Gasteiger partial charge on any atom is 0.0585 e. The van der Waals surface area contributed by atoms with Crippen LogP contribution >= 0.6 is 27.7 Å². The van der Waals surface area contributed by atoms with E-state index < -0.39 is 0 Å². The topological polar surface area (TPSA) is 38.0 Å². The fourth-order valence-electron chi connectivity index (χ4n) is 1.96. The molecule has 16 heavy (non-hydrogen) atoms. The fourth-order valence-corrected chi connectivity index (χ4v) is 3.24. The molecule has 1 aliphatic carbocycles. The van der Waals surface area contributed by atoms with Gasteiger partial charge in [-0.2, -0.15) is 11.8 Å². The SMILES string of the molecule is CSC1(CNc2cc(Br)ccc2N)CCC1. The van der Waals surface area contributed by atoms with Gasteiger partial charge in [-0.1, -0.05) is 22.4 Å². The molecule has 0 atom stereocenters. The summed E-state index contributed by atoms with van der Waals surface area (Å²) in [5.74, 6) is 0. The van der Waals surface area contributed by atoms with Gasteiger partial charge in [0.15, 0.2) is 0 Å². The molecule has 0 heterocycles. The van der Waals surface area contributed by atoms with Gasteiger partial charge in [0.2, 0.25) is 0 Å². The molecule has 2 nitrogen and oxygen atoms in total. The average Bonchev–Trinajstić information content (AvgIpc) is 2.22. The monoisotopic (exact) mass is 300 g/mol. The Bertz CT molecular complexity index is 372. The molecule has 1 aromatic rings. The number of hydrogen-bond acceptors (Lipinski definition) is 3. The van der Waals surface area contributed by atoms with Crippen LogP contribution < -0.4 is 11.1 Å². The van der Waals surface area contributed by atoms with Crippen molar-refractivity contribution in [2.24, 2.45) is 0 Å². The maximum absolute atomic E-state index is 5.93. The van der Waals surface area contributed by atoms with E-state index in [9.17, 15) is 0 Å². The van der Waals surface area contributed by atoms with Gasteiger partial charge < -0.3 is 11.1 Å². The average molecular weight is 301 g/mol. The van der Waals surface area contributed by atoms with Crippen molar-refractivity contribution in [3.63, 3.8) is 0 Å². The van der Waals surface area contributed by atoms with Gasteiger partial charge in [0.05, 0.1) is 11.4 Å². The Hall–Kier alpha value is -0.350. The highest BCUT2D eigenvalue weighted by Crippen LogP contribution is 2.43. The number of halogens is 1. The molecule has 0 spiro atoms. The third-order valence-electron chi connectivity index (χ3n) is 3.31. The van der Waals surface area contributed by atoms with Gasteiger partial charge in [0, 0.05) is 15.8 Å². The number of nitrogen functional groups attached to an aromatic ring is 1.